The first-order valence-electron chi connectivity index (χ1n) is 7.17. The van der Waals surface area contributed by atoms with Gasteiger partial charge in [0.05, 0.1) is 10.5 Å². The summed E-state index contributed by atoms with van der Waals surface area (Å²) in [5.74, 6) is -1.38. The molecule has 0 bridgehead atoms. The minimum atomic E-state index is -3.86. The molecule has 0 aromatic heterocycles. The van der Waals surface area contributed by atoms with Crippen molar-refractivity contribution in [3.8, 4) is 0 Å². The number of sulfonamides is 1. The van der Waals surface area contributed by atoms with Gasteiger partial charge in [-0.2, -0.15) is 0 Å². The van der Waals surface area contributed by atoms with Gasteiger partial charge in [-0.15, -0.1) is 0 Å². The van der Waals surface area contributed by atoms with Crippen molar-refractivity contribution in [1.82, 2.24) is 0 Å². The van der Waals surface area contributed by atoms with Gasteiger partial charge in [-0.1, -0.05) is 23.2 Å². The molecule has 138 valence electrons. The Morgan fingerprint density at radius 3 is 2.12 bits per heavy atom. The third-order valence-electron chi connectivity index (χ3n) is 3.20. The Morgan fingerprint density at radius 2 is 1.62 bits per heavy atom. The number of primary sulfonamides is 1. The van der Waals surface area contributed by atoms with E-state index >= 15 is 0 Å². The van der Waals surface area contributed by atoms with Crippen molar-refractivity contribution in [2.24, 2.45) is 5.14 Å². The average molecular weight is 417 g/mol. The quantitative estimate of drug-likeness (QED) is 0.726. The Kier molecular flexibility index (Phi) is 6.25. The SMILES string of the molecule is C[C@@H](OC(=O)c1ccc(S(N)(=O)=O)cc1)C(=O)Nc1cc(Cl)cc(Cl)c1. The highest BCUT2D eigenvalue weighted by Gasteiger charge is 2.20. The zero-order valence-electron chi connectivity index (χ0n) is 13.4. The minimum absolute atomic E-state index is 0.0721. The predicted molar refractivity (Wildman–Crippen MR) is 97.8 cm³/mol. The van der Waals surface area contributed by atoms with Crippen LogP contribution in [0.3, 0.4) is 0 Å². The van der Waals surface area contributed by atoms with Crippen LogP contribution >= 0.6 is 23.2 Å². The molecule has 0 aliphatic carbocycles. The van der Waals surface area contributed by atoms with Crippen molar-refractivity contribution >= 4 is 50.8 Å². The van der Waals surface area contributed by atoms with E-state index in [0.29, 0.717) is 15.7 Å². The van der Waals surface area contributed by atoms with E-state index in [4.69, 9.17) is 33.1 Å². The lowest BCUT2D eigenvalue weighted by molar-refractivity contribution is -0.123. The lowest BCUT2D eigenvalue weighted by Gasteiger charge is -2.14. The fourth-order valence-corrected chi connectivity index (χ4v) is 2.97. The maximum atomic E-state index is 12.1. The summed E-state index contributed by atoms with van der Waals surface area (Å²) in [6.07, 6.45) is -1.11. The van der Waals surface area contributed by atoms with Gasteiger partial charge in [-0.3, -0.25) is 4.79 Å². The van der Waals surface area contributed by atoms with Crippen LogP contribution in [0.1, 0.15) is 17.3 Å². The van der Waals surface area contributed by atoms with Crippen LogP contribution in [-0.2, 0) is 19.6 Å². The molecule has 0 radical (unpaired) electrons. The number of hydrogen-bond acceptors (Lipinski definition) is 5. The Labute approximate surface area is 160 Å². The van der Waals surface area contributed by atoms with Crippen molar-refractivity contribution in [1.29, 1.82) is 0 Å². The van der Waals surface area contributed by atoms with Crippen molar-refractivity contribution in [2.75, 3.05) is 5.32 Å². The Hall–Kier alpha value is -2.13. The maximum Gasteiger partial charge on any atom is 0.338 e. The van der Waals surface area contributed by atoms with Gasteiger partial charge in [-0.05, 0) is 49.4 Å². The molecular weight excluding hydrogens is 403 g/mol. The normalized spacial score (nSPS) is 12.3. The van der Waals surface area contributed by atoms with Gasteiger partial charge in [0, 0.05) is 15.7 Å². The third kappa shape index (κ3) is 5.43. The zero-order valence-corrected chi connectivity index (χ0v) is 15.7. The van der Waals surface area contributed by atoms with Crippen LogP contribution in [0, 0.1) is 0 Å². The lowest BCUT2D eigenvalue weighted by atomic mass is 10.2. The highest BCUT2D eigenvalue weighted by molar-refractivity contribution is 7.89. The molecule has 2 aromatic carbocycles. The molecule has 0 fully saturated rings. The summed E-state index contributed by atoms with van der Waals surface area (Å²) in [7, 11) is -3.86. The van der Waals surface area contributed by atoms with Crippen LogP contribution in [-0.4, -0.2) is 26.4 Å². The number of carbonyl (C=O) groups is 2. The molecule has 0 saturated heterocycles. The number of carbonyl (C=O) groups excluding carboxylic acids is 2. The molecule has 0 aliphatic rings. The van der Waals surface area contributed by atoms with Gasteiger partial charge < -0.3 is 10.1 Å². The maximum absolute atomic E-state index is 12.1. The second-order valence-corrected chi connectivity index (χ2v) is 7.70. The van der Waals surface area contributed by atoms with E-state index in [1.165, 1.54) is 49.4 Å². The lowest BCUT2D eigenvalue weighted by Crippen LogP contribution is -2.30. The molecule has 0 heterocycles. The molecule has 0 saturated carbocycles. The number of anilines is 1. The third-order valence-corrected chi connectivity index (χ3v) is 4.57. The molecule has 7 nitrogen and oxygen atoms in total. The van der Waals surface area contributed by atoms with Crippen LogP contribution in [0.25, 0.3) is 0 Å². The molecule has 2 aromatic rings. The van der Waals surface area contributed by atoms with E-state index in [9.17, 15) is 18.0 Å². The Balaban J connectivity index is 2.02. The summed E-state index contributed by atoms with van der Waals surface area (Å²) in [5, 5.41) is 8.19. The van der Waals surface area contributed by atoms with Crippen molar-refractivity contribution in [3.05, 3.63) is 58.1 Å². The summed E-state index contributed by atoms with van der Waals surface area (Å²) >= 11 is 11.7. The van der Waals surface area contributed by atoms with Crippen molar-refractivity contribution < 1.29 is 22.7 Å². The van der Waals surface area contributed by atoms with E-state index in [1.54, 1.807) is 0 Å². The van der Waals surface area contributed by atoms with Crippen LogP contribution in [0.15, 0.2) is 47.4 Å². The number of amides is 1. The van der Waals surface area contributed by atoms with Gasteiger partial charge in [-0.25, -0.2) is 18.4 Å². The summed E-state index contributed by atoms with van der Waals surface area (Å²) in [4.78, 5) is 24.0. The minimum Gasteiger partial charge on any atom is -0.449 e. The number of rotatable bonds is 5. The Bertz CT molecular complexity index is 925. The topological polar surface area (TPSA) is 116 Å². The molecule has 2 rings (SSSR count). The second-order valence-electron chi connectivity index (χ2n) is 5.26. The monoisotopic (exact) mass is 416 g/mol. The summed E-state index contributed by atoms with van der Waals surface area (Å²) in [6, 6.07) is 9.31. The molecule has 1 atom stereocenters. The summed E-state index contributed by atoms with van der Waals surface area (Å²) in [5.41, 5.74) is 0.427. The number of ether oxygens (including phenoxy) is 1. The molecule has 3 N–H and O–H groups in total. The number of hydrogen-bond donors (Lipinski definition) is 2. The van der Waals surface area contributed by atoms with Crippen molar-refractivity contribution in [2.45, 2.75) is 17.9 Å². The molecular formula is C16H14Cl2N2O5S. The number of halogens is 2. The van der Waals surface area contributed by atoms with E-state index in [0.717, 1.165) is 0 Å². The number of benzene rings is 2. The standard InChI is InChI=1S/C16H14Cl2N2O5S/c1-9(15(21)20-13-7-11(17)6-12(18)8-13)25-16(22)10-2-4-14(5-3-10)26(19,23)24/h2-9H,1H3,(H,20,21)(H2,19,23,24)/t9-/m1/s1. The molecule has 1 amide bonds. The summed E-state index contributed by atoms with van der Waals surface area (Å²) < 4.78 is 27.4. The summed E-state index contributed by atoms with van der Waals surface area (Å²) in [6.45, 7) is 1.39. The number of esters is 1. The van der Waals surface area contributed by atoms with Crippen molar-refractivity contribution in [3.63, 3.8) is 0 Å². The zero-order chi connectivity index (χ0) is 19.5. The second kappa shape index (κ2) is 8.05. The van der Waals surface area contributed by atoms with E-state index in [1.807, 2.05) is 0 Å². The predicted octanol–water partition coefficient (Wildman–Crippen LogP) is 2.82. The van der Waals surface area contributed by atoms with E-state index < -0.39 is 28.0 Å². The van der Waals surface area contributed by atoms with Crippen LogP contribution in [0.4, 0.5) is 5.69 Å². The van der Waals surface area contributed by atoms with Gasteiger partial charge >= 0.3 is 5.97 Å². The molecule has 0 aliphatic heterocycles. The van der Waals surface area contributed by atoms with Gasteiger partial charge in [0.15, 0.2) is 6.10 Å². The fourth-order valence-electron chi connectivity index (χ4n) is 1.93. The number of nitrogens with one attached hydrogen (secondary N) is 1. The van der Waals surface area contributed by atoms with Gasteiger partial charge in [0.2, 0.25) is 10.0 Å². The molecule has 0 spiro atoms. The molecule has 10 heteroatoms. The smallest absolute Gasteiger partial charge is 0.338 e. The first kappa shape index (κ1) is 20.2. The van der Waals surface area contributed by atoms with E-state index in [2.05, 4.69) is 5.32 Å². The van der Waals surface area contributed by atoms with Crippen LogP contribution < -0.4 is 10.5 Å². The van der Waals surface area contributed by atoms with Gasteiger partial charge in [0.1, 0.15) is 0 Å². The van der Waals surface area contributed by atoms with Crippen LogP contribution in [0.5, 0.6) is 0 Å². The highest BCUT2D eigenvalue weighted by atomic mass is 35.5. The first-order valence-corrected chi connectivity index (χ1v) is 9.47. The highest BCUT2D eigenvalue weighted by Crippen LogP contribution is 2.22. The van der Waals surface area contributed by atoms with Gasteiger partial charge in [0.25, 0.3) is 5.91 Å². The molecule has 26 heavy (non-hydrogen) atoms. The largest absolute Gasteiger partial charge is 0.449 e. The van der Waals surface area contributed by atoms with E-state index in [-0.39, 0.29) is 10.5 Å². The fraction of sp³-hybridized carbons (Fsp3) is 0.125. The average Bonchev–Trinajstić information content (AvgIpc) is 2.53. The molecule has 0 unspecified atom stereocenters. The van der Waals surface area contributed by atoms with Crippen LogP contribution in [0.2, 0.25) is 10.0 Å². The first-order chi connectivity index (χ1) is 12.1. The number of nitrogens with two attached hydrogens (primary N) is 1. The Morgan fingerprint density at radius 1 is 1.08 bits per heavy atom.